The minimum atomic E-state index is -0.883. The third kappa shape index (κ3) is 2.44. The molecule has 4 N–H and O–H groups in total. The standard InChI is InChI=1S/C15H17N5O2/c21-15-18-13(19-20-15)12-7-9-3-1-2-4-11(9)14(17-12)22-10-5-6-16-8-10/h1-4,7,10,15-16,20-21H,5-6,8H2,(H,18,19)/t10-,15?/m1/s1. The molecule has 114 valence electrons. The van der Waals surface area contributed by atoms with Gasteiger partial charge in [-0.05, 0) is 30.5 Å². The van der Waals surface area contributed by atoms with E-state index in [1.807, 2.05) is 30.3 Å². The highest BCUT2D eigenvalue weighted by molar-refractivity contribution is 6.01. The minimum Gasteiger partial charge on any atom is -0.472 e. The van der Waals surface area contributed by atoms with Gasteiger partial charge < -0.3 is 20.5 Å². The van der Waals surface area contributed by atoms with Crippen LogP contribution in [-0.2, 0) is 0 Å². The van der Waals surface area contributed by atoms with Gasteiger partial charge in [0, 0.05) is 11.9 Å². The van der Waals surface area contributed by atoms with Crippen LogP contribution in [0.2, 0.25) is 0 Å². The van der Waals surface area contributed by atoms with Crippen LogP contribution in [0.5, 0.6) is 5.88 Å². The number of aliphatic hydroxyl groups is 1. The summed E-state index contributed by atoms with van der Waals surface area (Å²) in [6, 6.07) is 9.89. The summed E-state index contributed by atoms with van der Waals surface area (Å²) in [5.41, 5.74) is 3.19. The molecule has 0 amide bonds. The summed E-state index contributed by atoms with van der Waals surface area (Å²) in [4.78, 5) is 4.59. The number of aromatic nitrogens is 1. The van der Waals surface area contributed by atoms with Gasteiger partial charge in [0.15, 0.2) is 5.84 Å². The van der Waals surface area contributed by atoms with E-state index in [-0.39, 0.29) is 6.10 Å². The molecule has 0 bridgehead atoms. The Hall–Kier alpha value is -2.38. The summed E-state index contributed by atoms with van der Waals surface area (Å²) in [7, 11) is 0. The topological polar surface area (TPSA) is 90.8 Å². The van der Waals surface area contributed by atoms with Crippen molar-refractivity contribution in [1.29, 1.82) is 0 Å². The third-order valence-corrected chi connectivity index (χ3v) is 3.81. The fraction of sp³-hybridized carbons (Fsp3) is 0.333. The van der Waals surface area contributed by atoms with Crippen LogP contribution in [0.3, 0.4) is 0 Å². The number of hydrazone groups is 1. The van der Waals surface area contributed by atoms with Crippen molar-refractivity contribution in [3.63, 3.8) is 0 Å². The first kappa shape index (κ1) is 13.3. The van der Waals surface area contributed by atoms with Crippen LogP contribution in [0.15, 0.2) is 35.4 Å². The molecular weight excluding hydrogens is 282 g/mol. The van der Waals surface area contributed by atoms with Crippen LogP contribution in [0.4, 0.5) is 0 Å². The van der Waals surface area contributed by atoms with Gasteiger partial charge in [0.1, 0.15) is 11.8 Å². The Morgan fingerprint density at radius 3 is 2.95 bits per heavy atom. The second-order valence-electron chi connectivity index (χ2n) is 5.40. The quantitative estimate of drug-likeness (QED) is 0.643. The van der Waals surface area contributed by atoms with Crippen LogP contribution in [0.1, 0.15) is 12.1 Å². The molecular formula is C15H17N5O2. The summed E-state index contributed by atoms with van der Waals surface area (Å²) in [5, 5.41) is 21.6. The highest BCUT2D eigenvalue weighted by Crippen LogP contribution is 2.26. The second kappa shape index (κ2) is 5.43. The number of hydrogen-bond donors (Lipinski definition) is 4. The molecule has 2 aliphatic rings. The zero-order valence-corrected chi connectivity index (χ0v) is 11.9. The van der Waals surface area contributed by atoms with Crippen LogP contribution < -0.4 is 20.8 Å². The highest BCUT2D eigenvalue weighted by Gasteiger charge is 2.21. The maximum Gasteiger partial charge on any atom is 0.222 e. The van der Waals surface area contributed by atoms with Gasteiger partial charge >= 0.3 is 0 Å². The first-order chi connectivity index (χ1) is 10.8. The lowest BCUT2D eigenvalue weighted by Gasteiger charge is -2.15. The summed E-state index contributed by atoms with van der Waals surface area (Å²) in [6.07, 6.45) is 0.222. The fourth-order valence-electron chi connectivity index (χ4n) is 2.72. The molecule has 0 radical (unpaired) electrons. The summed E-state index contributed by atoms with van der Waals surface area (Å²) in [5.74, 6) is 1.11. The SMILES string of the molecule is OC1NN=C(c2cc3ccccc3c(O[C@@H]3CCNC3)n2)N1. The Bertz CT molecular complexity index is 727. The van der Waals surface area contributed by atoms with Crippen LogP contribution in [0, 0.1) is 0 Å². The van der Waals surface area contributed by atoms with Gasteiger partial charge in [0.25, 0.3) is 0 Å². The van der Waals surface area contributed by atoms with Crippen molar-refractivity contribution in [3.8, 4) is 5.88 Å². The molecule has 22 heavy (non-hydrogen) atoms. The molecule has 0 saturated carbocycles. The van der Waals surface area contributed by atoms with Crippen molar-refractivity contribution in [2.45, 2.75) is 18.9 Å². The van der Waals surface area contributed by atoms with Crippen molar-refractivity contribution in [1.82, 2.24) is 21.0 Å². The number of benzene rings is 1. The number of nitrogens with zero attached hydrogens (tertiary/aromatic N) is 2. The van der Waals surface area contributed by atoms with Gasteiger partial charge in [-0.2, -0.15) is 5.10 Å². The van der Waals surface area contributed by atoms with Crippen LogP contribution in [-0.4, -0.2) is 41.5 Å². The predicted molar refractivity (Wildman–Crippen MR) is 82.5 cm³/mol. The first-order valence-corrected chi connectivity index (χ1v) is 7.35. The largest absolute Gasteiger partial charge is 0.472 e. The molecule has 1 saturated heterocycles. The van der Waals surface area contributed by atoms with E-state index in [1.54, 1.807) is 0 Å². The Balaban J connectivity index is 1.75. The summed E-state index contributed by atoms with van der Waals surface area (Å²) >= 11 is 0. The van der Waals surface area contributed by atoms with Crippen LogP contribution in [0.25, 0.3) is 10.8 Å². The van der Waals surface area contributed by atoms with Gasteiger partial charge in [-0.25, -0.2) is 4.98 Å². The number of fused-ring (bicyclic) bond motifs is 1. The Labute approximate surface area is 127 Å². The van der Waals surface area contributed by atoms with Gasteiger partial charge in [-0.3, -0.25) is 5.43 Å². The highest BCUT2D eigenvalue weighted by atomic mass is 16.5. The zero-order chi connectivity index (χ0) is 14.9. The molecule has 2 aromatic rings. The molecule has 1 aromatic heterocycles. The lowest BCUT2D eigenvalue weighted by Crippen LogP contribution is -2.35. The van der Waals surface area contributed by atoms with Gasteiger partial charge in [-0.15, -0.1) is 0 Å². The first-order valence-electron chi connectivity index (χ1n) is 7.35. The molecule has 3 heterocycles. The molecule has 1 aromatic carbocycles. The molecule has 1 unspecified atom stereocenters. The molecule has 4 rings (SSSR count). The summed E-state index contributed by atoms with van der Waals surface area (Å²) in [6.45, 7) is 1.80. The molecule has 2 atom stereocenters. The van der Waals surface area contributed by atoms with Crippen molar-refractivity contribution in [2.75, 3.05) is 13.1 Å². The van der Waals surface area contributed by atoms with E-state index in [4.69, 9.17) is 4.74 Å². The van der Waals surface area contributed by atoms with E-state index >= 15 is 0 Å². The number of pyridine rings is 1. The number of rotatable bonds is 3. The second-order valence-corrected chi connectivity index (χ2v) is 5.40. The summed E-state index contributed by atoms with van der Waals surface area (Å²) < 4.78 is 6.08. The Morgan fingerprint density at radius 1 is 1.27 bits per heavy atom. The van der Waals surface area contributed by atoms with E-state index in [2.05, 4.69) is 26.1 Å². The van der Waals surface area contributed by atoms with Gasteiger partial charge in [0.2, 0.25) is 12.2 Å². The van der Waals surface area contributed by atoms with Crippen molar-refractivity contribution in [3.05, 3.63) is 36.0 Å². The zero-order valence-electron chi connectivity index (χ0n) is 11.9. The lowest BCUT2D eigenvalue weighted by atomic mass is 10.1. The smallest absolute Gasteiger partial charge is 0.222 e. The van der Waals surface area contributed by atoms with Gasteiger partial charge in [0.05, 0.1) is 0 Å². The molecule has 0 spiro atoms. The lowest BCUT2D eigenvalue weighted by molar-refractivity contribution is 0.137. The monoisotopic (exact) mass is 299 g/mol. The average Bonchev–Trinajstić information content (AvgIpc) is 3.19. The number of hydrogen-bond acceptors (Lipinski definition) is 7. The number of amidine groups is 1. The molecule has 7 heteroatoms. The number of ether oxygens (including phenoxy) is 1. The van der Waals surface area contributed by atoms with E-state index in [0.717, 1.165) is 30.3 Å². The Kier molecular flexibility index (Phi) is 3.28. The fourth-order valence-corrected chi connectivity index (χ4v) is 2.72. The predicted octanol–water partition coefficient (Wildman–Crippen LogP) is 0.106. The molecule has 7 nitrogen and oxygen atoms in total. The molecule has 2 aliphatic heterocycles. The van der Waals surface area contributed by atoms with Crippen molar-refractivity contribution >= 4 is 16.6 Å². The maximum atomic E-state index is 9.47. The third-order valence-electron chi connectivity index (χ3n) is 3.81. The van der Waals surface area contributed by atoms with Crippen molar-refractivity contribution in [2.24, 2.45) is 5.10 Å². The average molecular weight is 299 g/mol. The molecule has 0 aliphatic carbocycles. The Morgan fingerprint density at radius 2 is 2.18 bits per heavy atom. The molecule has 1 fully saturated rings. The van der Waals surface area contributed by atoms with Crippen molar-refractivity contribution < 1.29 is 9.84 Å². The number of aliphatic hydroxyl groups excluding tert-OH is 1. The van der Waals surface area contributed by atoms with Gasteiger partial charge in [-0.1, -0.05) is 18.2 Å². The van der Waals surface area contributed by atoms with E-state index in [0.29, 0.717) is 17.4 Å². The van der Waals surface area contributed by atoms with E-state index in [9.17, 15) is 5.11 Å². The maximum absolute atomic E-state index is 9.47. The normalized spacial score (nSPS) is 24.0. The van der Waals surface area contributed by atoms with E-state index < -0.39 is 6.35 Å². The van der Waals surface area contributed by atoms with E-state index in [1.165, 1.54) is 0 Å². The number of nitrogens with one attached hydrogen (secondary N) is 3. The minimum absolute atomic E-state index is 0.133. The van der Waals surface area contributed by atoms with Crippen LogP contribution >= 0.6 is 0 Å².